The van der Waals surface area contributed by atoms with Crippen LogP contribution in [0, 0.1) is 11.5 Å². The predicted molar refractivity (Wildman–Crippen MR) is 41.5 cm³/mol. The second kappa shape index (κ2) is 3.94. The Morgan fingerprint density at radius 2 is 2.09 bits per heavy atom. The molecule has 0 fully saturated rings. The van der Waals surface area contributed by atoms with Crippen LogP contribution in [0.5, 0.6) is 0 Å². The van der Waals surface area contributed by atoms with Crippen molar-refractivity contribution in [3.05, 3.63) is 0 Å². The molecule has 0 aliphatic rings. The van der Waals surface area contributed by atoms with Crippen molar-refractivity contribution in [3.8, 4) is 6.19 Å². The molecule has 4 heteroatoms. The van der Waals surface area contributed by atoms with Crippen LogP contribution in [0.2, 0.25) is 0 Å². The molecule has 0 aliphatic carbocycles. The predicted octanol–water partition coefficient (Wildman–Crippen LogP) is -0.0282. The fraction of sp³-hybridized carbons (Fsp3) is 0.714. The van der Waals surface area contributed by atoms with Crippen molar-refractivity contribution in [3.63, 3.8) is 0 Å². The van der Waals surface area contributed by atoms with Gasteiger partial charge in [0.25, 0.3) is 0 Å². The Labute approximate surface area is 66.6 Å². The summed E-state index contributed by atoms with van der Waals surface area (Å²) in [5.74, 6) is -0.303. The summed E-state index contributed by atoms with van der Waals surface area (Å²) in [5, 5.41) is 13.0. The number of amides is 1. The molecule has 0 unspecified atom stereocenters. The quantitative estimate of drug-likeness (QED) is 0.435. The Bertz CT molecular complexity index is 175. The third kappa shape index (κ3) is 6.81. The number of hydrogen-bond acceptors (Lipinski definition) is 3. The number of hydrogen-bond donors (Lipinski definition) is 2. The van der Waals surface area contributed by atoms with Crippen LogP contribution >= 0.6 is 0 Å². The molecule has 0 radical (unpaired) electrons. The van der Waals surface area contributed by atoms with Crippen molar-refractivity contribution in [1.82, 2.24) is 10.6 Å². The highest BCUT2D eigenvalue weighted by Crippen LogP contribution is 1.96. The molecule has 0 bridgehead atoms. The highest BCUT2D eigenvalue weighted by Gasteiger charge is 2.10. The van der Waals surface area contributed by atoms with E-state index in [4.69, 9.17) is 5.26 Å². The Morgan fingerprint density at radius 1 is 1.55 bits per heavy atom. The maximum atomic E-state index is 10.7. The second-order valence-corrected chi connectivity index (χ2v) is 3.26. The molecule has 2 N–H and O–H groups in total. The number of nitriles is 1. The van der Waals surface area contributed by atoms with Crippen molar-refractivity contribution in [2.75, 3.05) is 6.54 Å². The minimum atomic E-state index is -0.303. The molecule has 0 aromatic rings. The SMILES string of the molecule is CC(C)(C)NCC(=O)NC#N. The van der Waals surface area contributed by atoms with Gasteiger partial charge in [-0.3, -0.25) is 10.1 Å². The van der Waals surface area contributed by atoms with Crippen molar-refractivity contribution >= 4 is 5.91 Å². The van der Waals surface area contributed by atoms with Crippen LogP contribution in [-0.4, -0.2) is 18.0 Å². The lowest BCUT2D eigenvalue weighted by Gasteiger charge is -2.19. The van der Waals surface area contributed by atoms with Crippen molar-refractivity contribution < 1.29 is 4.79 Å². The van der Waals surface area contributed by atoms with Crippen molar-refractivity contribution in [1.29, 1.82) is 5.26 Å². The van der Waals surface area contributed by atoms with Gasteiger partial charge in [0, 0.05) is 5.54 Å². The average Bonchev–Trinajstić information content (AvgIpc) is 1.83. The van der Waals surface area contributed by atoms with Gasteiger partial charge >= 0.3 is 0 Å². The molecule has 0 aromatic heterocycles. The van der Waals surface area contributed by atoms with E-state index < -0.39 is 0 Å². The summed E-state index contributed by atoms with van der Waals surface area (Å²) in [4.78, 5) is 10.7. The largest absolute Gasteiger partial charge is 0.304 e. The summed E-state index contributed by atoms with van der Waals surface area (Å²) in [6, 6.07) is 0. The van der Waals surface area contributed by atoms with E-state index >= 15 is 0 Å². The molecule has 1 amide bonds. The van der Waals surface area contributed by atoms with Gasteiger partial charge in [-0.1, -0.05) is 0 Å². The molecule has 0 aliphatic heterocycles. The van der Waals surface area contributed by atoms with Gasteiger partial charge in [0.15, 0.2) is 6.19 Å². The normalized spacial score (nSPS) is 10.4. The molecule has 4 nitrogen and oxygen atoms in total. The Morgan fingerprint density at radius 3 is 2.45 bits per heavy atom. The molecule has 0 atom stereocenters. The molecule has 0 aromatic carbocycles. The maximum absolute atomic E-state index is 10.7. The minimum Gasteiger partial charge on any atom is -0.304 e. The van der Waals surface area contributed by atoms with Gasteiger partial charge < -0.3 is 5.32 Å². The Kier molecular flexibility index (Phi) is 3.55. The van der Waals surface area contributed by atoms with Crippen LogP contribution in [0.25, 0.3) is 0 Å². The number of carbonyl (C=O) groups is 1. The molecule has 0 rings (SSSR count). The Hall–Kier alpha value is -1.08. The van der Waals surface area contributed by atoms with Crippen molar-refractivity contribution in [2.24, 2.45) is 0 Å². The molecule has 0 heterocycles. The smallest absolute Gasteiger partial charge is 0.246 e. The van der Waals surface area contributed by atoms with Crippen LogP contribution in [0.1, 0.15) is 20.8 Å². The van der Waals surface area contributed by atoms with Crippen LogP contribution in [0.4, 0.5) is 0 Å². The maximum Gasteiger partial charge on any atom is 0.246 e. The fourth-order valence-corrected chi connectivity index (χ4v) is 0.452. The summed E-state index contributed by atoms with van der Waals surface area (Å²) in [5.41, 5.74) is -0.0905. The van der Waals surface area contributed by atoms with Gasteiger partial charge in [-0.2, -0.15) is 5.26 Å². The van der Waals surface area contributed by atoms with Gasteiger partial charge in [-0.15, -0.1) is 0 Å². The lowest BCUT2D eigenvalue weighted by molar-refractivity contribution is -0.119. The van der Waals surface area contributed by atoms with Gasteiger partial charge in [0.05, 0.1) is 6.54 Å². The fourth-order valence-electron chi connectivity index (χ4n) is 0.452. The zero-order valence-electron chi connectivity index (χ0n) is 7.06. The summed E-state index contributed by atoms with van der Waals surface area (Å²) in [7, 11) is 0. The van der Waals surface area contributed by atoms with Crippen LogP contribution in [0.3, 0.4) is 0 Å². The topological polar surface area (TPSA) is 64.9 Å². The zero-order valence-corrected chi connectivity index (χ0v) is 7.06. The van der Waals surface area contributed by atoms with Crippen LogP contribution in [0.15, 0.2) is 0 Å². The number of nitrogens with one attached hydrogen (secondary N) is 2. The third-order valence-electron chi connectivity index (χ3n) is 0.975. The molecule has 11 heavy (non-hydrogen) atoms. The first-order chi connectivity index (χ1) is 4.95. The van der Waals surface area contributed by atoms with E-state index in [1.165, 1.54) is 0 Å². The van der Waals surface area contributed by atoms with E-state index in [1.807, 2.05) is 26.1 Å². The second-order valence-electron chi connectivity index (χ2n) is 3.26. The molecule has 0 spiro atoms. The first-order valence-corrected chi connectivity index (χ1v) is 3.38. The van der Waals surface area contributed by atoms with E-state index in [9.17, 15) is 4.79 Å². The van der Waals surface area contributed by atoms with Gasteiger partial charge in [0.2, 0.25) is 5.91 Å². The number of carbonyl (C=O) groups excluding carboxylic acids is 1. The summed E-state index contributed by atoms with van der Waals surface area (Å²) in [6.07, 6.45) is 1.56. The monoisotopic (exact) mass is 155 g/mol. The Balaban J connectivity index is 3.57. The van der Waals surface area contributed by atoms with E-state index in [0.717, 1.165) is 0 Å². The van der Waals surface area contributed by atoms with Gasteiger partial charge in [-0.25, -0.2) is 0 Å². The minimum absolute atomic E-state index is 0.0905. The van der Waals surface area contributed by atoms with E-state index in [-0.39, 0.29) is 18.0 Å². The summed E-state index contributed by atoms with van der Waals surface area (Å²) >= 11 is 0. The summed E-state index contributed by atoms with van der Waals surface area (Å²) in [6.45, 7) is 6.03. The number of rotatable bonds is 2. The van der Waals surface area contributed by atoms with Gasteiger partial charge in [-0.05, 0) is 20.8 Å². The molecular weight excluding hydrogens is 142 g/mol. The zero-order chi connectivity index (χ0) is 8.91. The standard InChI is InChI=1S/C7H13N3O/c1-7(2,3)10-4-6(11)9-5-8/h10H,4H2,1-3H3,(H,9,11). The third-order valence-corrected chi connectivity index (χ3v) is 0.975. The highest BCUT2D eigenvalue weighted by molar-refractivity contribution is 5.79. The summed E-state index contributed by atoms with van der Waals surface area (Å²) < 4.78 is 0. The lowest BCUT2D eigenvalue weighted by atomic mass is 10.1. The first-order valence-electron chi connectivity index (χ1n) is 3.38. The molecule has 0 saturated carbocycles. The van der Waals surface area contributed by atoms with E-state index in [1.54, 1.807) is 6.19 Å². The molecular formula is C7H13N3O. The first kappa shape index (κ1) is 9.92. The lowest BCUT2D eigenvalue weighted by Crippen LogP contribution is -2.42. The van der Waals surface area contributed by atoms with Crippen LogP contribution in [-0.2, 0) is 4.79 Å². The van der Waals surface area contributed by atoms with Crippen molar-refractivity contribution in [2.45, 2.75) is 26.3 Å². The van der Waals surface area contributed by atoms with E-state index in [0.29, 0.717) is 0 Å². The van der Waals surface area contributed by atoms with Gasteiger partial charge in [0.1, 0.15) is 0 Å². The van der Waals surface area contributed by atoms with Crippen LogP contribution < -0.4 is 10.6 Å². The molecule has 0 saturated heterocycles. The highest BCUT2D eigenvalue weighted by atomic mass is 16.1. The average molecular weight is 155 g/mol. The molecule has 62 valence electrons. The van der Waals surface area contributed by atoms with E-state index in [2.05, 4.69) is 5.32 Å². The number of nitrogens with zero attached hydrogens (tertiary/aromatic N) is 1.